The van der Waals surface area contributed by atoms with Crippen LogP contribution in [0.4, 0.5) is 4.79 Å². The Morgan fingerprint density at radius 1 is 0.925 bits per heavy atom. The third kappa shape index (κ3) is 18.2. The van der Waals surface area contributed by atoms with Crippen LogP contribution in [-0.2, 0) is 58.8 Å². The number of Topliss-reactive ketones (excluding diaryl/α,β-unsaturated/α-hetero) is 3. The Morgan fingerprint density at radius 2 is 1.66 bits per heavy atom. The number of esters is 1. The first-order valence-corrected chi connectivity index (χ1v) is 28.9. The van der Waals surface area contributed by atoms with Gasteiger partial charge in [-0.1, -0.05) is 101 Å². The minimum Gasteiger partial charge on any atom is -0.460 e. The van der Waals surface area contributed by atoms with Crippen molar-refractivity contribution in [1.82, 2.24) is 9.80 Å². The molecule has 3 aliphatic heterocycles. The van der Waals surface area contributed by atoms with Crippen molar-refractivity contribution in [2.75, 3.05) is 47.6 Å². The van der Waals surface area contributed by atoms with Gasteiger partial charge in [0, 0.05) is 65.0 Å². The van der Waals surface area contributed by atoms with E-state index in [0.717, 1.165) is 11.1 Å². The first-order valence-electron chi connectivity index (χ1n) is 28.9. The predicted molar refractivity (Wildman–Crippen MR) is 303 cm³/mol. The highest BCUT2D eigenvalue weighted by atomic mass is 16.6. The highest BCUT2D eigenvalue weighted by molar-refractivity contribution is 6.39. The lowest BCUT2D eigenvalue weighted by Gasteiger charge is -2.43. The summed E-state index contributed by atoms with van der Waals surface area (Å²) in [5.41, 5.74) is 2.30. The summed E-state index contributed by atoms with van der Waals surface area (Å²) in [5, 5.41) is 33.2. The number of methoxy groups -OCH3 is 2. The van der Waals surface area contributed by atoms with Gasteiger partial charge in [0.15, 0.2) is 5.78 Å². The topological polar surface area (TPSA) is 225 Å². The summed E-state index contributed by atoms with van der Waals surface area (Å²) in [4.78, 5) is 87.5. The average molecular weight is 1120 g/mol. The molecule has 444 valence electrons. The number of hydrogen-bond acceptors (Lipinski definition) is 15. The van der Waals surface area contributed by atoms with Gasteiger partial charge in [-0.25, -0.2) is 9.59 Å². The van der Waals surface area contributed by atoms with Gasteiger partial charge in [0.25, 0.3) is 11.7 Å². The number of carbonyl (C=O) groups is 6. The third-order valence-corrected chi connectivity index (χ3v) is 16.8. The van der Waals surface area contributed by atoms with Crippen LogP contribution in [0.1, 0.15) is 124 Å². The van der Waals surface area contributed by atoms with Crippen LogP contribution in [0.2, 0.25) is 0 Å². The Hall–Kier alpha value is -5.14. The summed E-state index contributed by atoms with van der Waals surface area (Å²) >= 11 is 0. The fourth-order valence-corrected chi connectivity index (χ4v) is 11.6. The maximum Gasteiger partial charge on any atom is 0.409 e. The fraction of sp³-hybridized carbons (Fsp3) is 0.651. The van der Waals surface area contributed by atoms with E-state index in [1.807, 2.05) is 74.6 Å². The number of allylic oxidation sites excluding steroid dienone is 7. The van der Waals surface area contributed by atoms with Gasteiger partial charge in [0.1, 0.15) is 36.2 Å². The quantitative estimate of drug-likeness (QED) is 0.0966. The minimum absolute atomic E-state index is 0.00206. The normalized spacial score (nSPS) is 34.8. The zero-order chi connectivity index (χ0) is 58.7. The fourth-order valence-electron chi connectivity index (χ4n) is 11.6. The van der Waals surface area contributed by atoms with Crippen LogP contribution in [0.25, 0.3) is 0 Å². The first-order chi connectivity index (χ1) is 38.1. The van der Waals surface area contributed by atoms with Crippen LogP contribution in [0.3, 0.4) is 0 Å². The molecule has 3 heterocycles. The van der Waals surface area contributed by atoms with E-state index < -0.39 is 102 Å². The number of aliphatic hydroxyl groups is 3. The molecule has 1 saturated carbocycles. The Kier molecular flexibility index (Phi) is 26.2. The standard InChI is InChI=1S/C63H92N2O15/c1-11-46-21-15-12-14-20-40(2)53(77-33-29-47-22-16-13-17-23-47)38-49-27-25-45(7)63(74,80-49)59(70)60(71)65-30-19-18-24-50(65)61(72)78-54(39-51(67)41(3)34-43(5)56(68)58(76-10)57(69)44(6)36-46)42(4)35-48-26-28-52(55(37-48)75-9)79-62(73)64(8)31-32-66/h11-17,20-23,34,41-42,44-46,48-50,52-56,58,66,68,74H,1,18-19,24-33,35-39H2,2-10H3/b14-12+,21-15+,40-20+,43-34+/t41-,42-,44-,45-,46-,48+,49+,50?,52-,53?,54+,55-,56-,58-,63-/m1/s1. The van der Waals surface area contributed by atoms with Crippen LogP contribution in [0.5, 0.6) is 0 Å². The molecule has 17 heteroatoms. The van der Waals surface area contributed by atoms with E-state index in [9.17, 15) is 44.1 Å². The van der Waals surface area contributed by atoms with Gasteiger partial charge in [-0.15, -0.1) is 6.58 Å². The zero-order valence-electron chi connectivity index (χ0n) is 48.9. The number of cyclic esters (lactones) is 1. The molecule has 3 N–H and O–H groups in total. The van der Waals surface area contributed by atoms with Gasteiger partial charge in [0.2, 0.25) is 5.79 Å². The first kappa shape index (κ1) is 65.7. The average Bonchev–Trinajstić information content (AvgIpc) is 3.45. The molecular formula is C63H92N2O15. The van der Waals surface area contributed by atoms with Crippen LogP contribution < -0.4 is 0 Å². The molecule has 2 saturated heterocycles. The summed E-state index contributed by atoms with van der Waals surface area (Å²) in [7, 11) is 4.45. The molecular weight excluding hydrogens is 1020 g/mol. The van der Waals surface area contributed by atoms with Crippen molar-refractivity contribution in [3.8, 4) is 0 Å². The van der Waals surface area contributed by atoms with Gasteiger partial charge in [-0.2, -0.15) is 0 Å². The molecule has 0 aromatic heterocycles. The number of benzene rings is 1. The van der Waals surface area contributed by atoms with Crippen molar-refractivity contribution in [3.63, 3.8) is 0 Å². The number of ketones is 3. The van der Waals surface area contributed by atoms with E-state index in [-0.39, 0.29) is 62.4 Å². The summed E-state index contributed by atoms with van der Waals surface area (Å²) in [6, 6.07) is 8.74. The van der Waals surface area contributed by atoms with Gasteiger partial charge in [-0.05, 0) is 119 Å². The SMILES string of the molecule is C=C[C@@H]1/C=C/C=C/C=C(\C)C(OCCc2ccccc2)C[C@@H]2CC[C@@H](C)[C@@](O)(O2)C(=O)C(=O)N2CCCCC2C(=O)O[C@H]([C@H](C)C[C@@H]2CC[C@@H](OC(=O)N(C)CCO)[C@H](OC)C2)CC(=O)[C@H](C)/C=C(\C)[C@@H](O)[C@@H](OC)C(=O)[C@H](C)C1. The van der Waals surface area contributed by atoms with Gasteiger partial charge < -0.3 is 53.5 Å². The molecule has 2 unspecified atom stereocenters. The molecule has 1 aliphatic carbocycles. The lowest BCUT2D eigenvalue weighted by atomic mass is 9.78. The molecule has 1 aromatic rings. The van der Waals surface area contributed by atoms with E-state index in [2.05, 4.69) is 6.58 Å². The summed E-state index contributed by atoms with van der Waals surface area (Å²) in [6.07, 6.45) is 11.7. The number of piperidine rings is 1. The molecule has 2 amide bonds. The van der Waals surface area contributed by atoms with Gasteiger partial charge in [-0.3, -0.25) is 19.2 Å². The van der Waals surface area contributed by atoms with Gasteiger partial charge in [0.05, 0.1) is 31.5 Å². The maximum atomic E-state index is 14.7. The monoisotopic (exact) mass is 1120 g/mol. The van der Waals surface area contributed by atoms with Crippen molar-refractivity contribution in [2.45, 2.75) is 180 Å². The number of aliphatic hydroxyl groups excluding tert-OH is 2. The van der Waals surface area contributed by atoms with E-state index in [4.69, 9.17) is 28.4 Å². The molecule has 2 bridgehead atoms. The van der Waals surface area contributed by atoms with E-state index >= 15 is 0 Å². The van der Waals surface area contributed by atoms with E-state index in [1.165, 1.54) is 16.9 Å². The van der Waals surface area contributed by atoms with Crippen LogP contribution >= 0.6 is 0 Å². The lowest BCUT2D eigenvalue weighted by molar-refractivity contribution is -0.266. The van der Waals surface area contributed by atoms with E-state index in [0.29, 0.717) is 76.4 Å². The summed E-state index contributed by atoms with van der Waals surface area (Å²) < 4.78 is 36.5. The number of fused-ring (bicyclic) bond motifs is 3. The second-order valence-corrected chi connectivity index (χ2v) is 22.9. The Bertz CT molecular complexity index is 2350. The van der Waals surface area contributed by atoms with Crippen LogP contribution in [0, 0.1) is 35.5 Å². The largest absolute Gasteiger partial charge is 0.460 e. The number of hydrogen-bond donors (Lipinski definition) is 3. The number of rotatable bonds is 13. The minimum atomic E-state index is -2.50. The zero-order valence-corrected chi connectivity index (χ0v) is 48.9. The molecule has 5 rings (SSSR count). The van der Waals surface area contributed by atoms with Crippen LogP contribution in [0.15, 0.2) is 90.6 Å². The second-order valence-electron chi connectivity index (χ2n) is 22.9. The summed E-state index contributed by atoms with van der Waals surface area (Å²) in [6.45, 7) is 14.9. The van der Waals surface area contributed by atoms with Crippen molar-refractivity contribution < 1.29 is 72.5 Å². The Labute approximate surface area is 474 Å². The molecule has 1 aromatic carbocycles. The molecule has 4 aliphatic rings. The van der Waals surface area contributed by atoms with Crippen molar-refractivity contribution >= 4 is 35.3 Å². The highest BCUT2D eigenvalue weighted by Gasteiger charge is 2.53. The van der Waals surface area contributed by atoms with Crippen molar-refractivity contribution in [3.05, 3.63) is 96.2 Å². The second kappa shape index (κ2) is 31.9. The molecule has 80 heavy (non-hydrogen) atoms. The number of likely N-dealkylation sites (N-methyl/N-ethyl adjacent to an activating group) is 1. The number of carbonyl (C=O) groups excluding carboxylic acids is 6. The summed E-state index contributed by atoms with van der Waals surface area (Å²) in [5.74, 6) is -8.87. The van der Waals surface area contributed by atoms with Gasteiger partial charge >= 0.3 is 12.1 Å². The Morgan fingerprint density at radius 3 is 2.35 bits per heavy atom. The van der Waals surface area contributed by atoms with Crippen molar-refractivity contribution in [1.29, 1.82) is 0 Å². The number of nitrogens with zero attached hydrogens (tertiary/aromatic N) is 2. The molecule has 3 fully saturated rings. The Balaban J connectivity index is 1.48. The lowest BCUT2D eigenvalue weighted by Crippen LogP contribution is -2.61. The molecule has 15 atom stereocenters. The molecule has 0 radical (unpaired) electrons. The number of amides is 2. The molecule has 0 spiro atoms. The van der Waals surface area contributed by atoms with E-state index in [1.54, 1.807) is 54.0 Å². The van der Waals surface area contributed by atoms with Crippen molar-refractivity contribution in [2.24, 2.45) is 35.5 Å². The smallest absolute Gasteiger partial charge is 0.409 e. The highest BCUT2D eigenvalue weighted by Crippen LogP contribution is 2.38. The predicted octanol–water partition coefficient (Wildman–Crippen LogP) is 8.03. The third-order valence-electron chi connectivity index (χ3n) is 16.8. The van der Waals surface area contributed by atoms with Crippen LogP contribution in [-0.4, -0.2) is 163 Å². The number of ether oxygens (including phenoxy) is 6. The maximum absolute atomic E-state index is 14.7. The molecule has 17 nitrogen and oxygen atoms in total.